The van der Waals surface area contributed by atoms with E-state index in [-0.39, 0.29) is 37.4 Å². The van der Waals surface area contributed by atoms with Crippen LogP contribution >= 0.6 is 11.8 Å². The fourth-order valence-corrected chi connectivity index (χ4v) is 15.3. The highest BCUT2D eigenvalue weighted by Crippen LogP contribution is 2.43. The molecule has 2 aliphatic rings. The van der Waals surface area contributed by atoms with Crippen LogP contribution in [0, 0.1) is 5.92 Å². The third-order valence-electron chi connectivity index (χ3n) is 13.4. The first-order valence-electron chi connectivity index (χ1n) is 24.4. The minimum Gasteiger partial charge on any atom is -0.497 e. The molecule has 16 heteroatoms. The molecule has 2 saturated heterocycles. The lowest BCUT2D eigenvalue weighted by molar-refractivity contribution is -0.296. The molecular weight excluding hydrogens is 964 g/mol. The highest BCUT2D eigenvalue weighted by atomic mass is 32.2. The summed E-state index contributed by atoms with van der Waals surface area (Å²) in [5.41, 5.74) is 2.00. The zero-order valence-corrected chi connectivity index (χ0v) is 44.0. The zero-order valence-electron chi connectivity index (χ0n) is 42.2. The van der Waals surface area contributed by atoms with Gasteiger partial charge in [-0.05, 0) is 69.0 Å². The van der Waals surface area contributed by atoms with Crippen LogP contribution in [0.1, 0.15) is 57.7 Å². The Morgan fingerprint density at radius 2 is 1.08 bits per heavy atom. The number of nitrogens with one attached hydrogen (secondary N) is 1. The van der Waals surface area contributed by atoms with Crippen molar-refractivity contribution in [1.29, 1.82) is 0 Å². The monoisotopic (exact) mass is 1030 g/mol. The van der Waals surface area contributed by atoms with E-state index in [2.05, 4.69) is 57.3 Å². The lowest BCUT2D eigenvalue weighted by atomic mass is 9.93. The number of methoxy groups -OCH3 is 2. The molecule has 11 nitrogen and oxygen atoms in total. The number of thioether (sulfide) groups is 1. The molecule has 0 spiro atoms. The molecule has 5 aromatic carbocycles. The van der Waals surface area contributed by atoms with Gasteiger partial charge in [0.15, 0.2) is 6.29 Å². The molecule has 2 heterocycles. The molecule has 72 heavy (non-hydrogen) atoms. The second kappa shape index (κ2) is 25.0. The number of amides is 1. The van der Waals surface area contributed by atoms with Gasteiger partial charge in [-0.3, -0.25) is 4.79 Å². The topological polar surface area (TPSA) is 112 Å². The smallest absolute Gasteiger partial charge is 0.471 e. The van der Waals surface area contributed by atoms with Crippen molar-refractivity contribution in [1.82, 2.24) is 5.32 Å². The zero-order chi connectivity index (χ0) is 51.5. The Morgan fingerprint density at radius 3 is 1.53 bits per heavy atom. The van der Waals surface area contributed by atoms with Gasteiger partial charge in [0, 0.05) is 5.92 Å². The van der Waals surface area contributed by atoms with Gasteiger partial charge in [-0.2, -0.15) is 13.2 Å². The standard InChI is InChI=1S/C56H68F3NO10SSi/c1-9-45-49(64-34-39-25-29-41(62-6)30-26-39)51(66-35-40-27-31-42(63-7)32-28-40)47(60-54(61)56(57,58)59)52(68-45)67-36-46-50(65-33-38-19-13-10-14-20-38)48(37(2)53(69-46)71-8)70-72(55(3,4)5,43-21-15-11-16-22-43)44-23-17-12-18-24-44/h10-32,37,45-53H,9,33-36H2,1-8H3,(H,60,61)/t37?,45?,46?,47?,48-,49-,50+,51-,52-,53+/m1/s1. The quantitative estimate of drug-likeness (QED) is 0.0710. The number of carbonyl (C=O) groups is 1. The Labute approximate surface area is 427 Å². The summed E-state index contributed by atoms with van der Waals surface area (Å²) in [6.07, 6.45) is -9.48. The van der Waals surface area contributed by atoms with E-state index < -0.39 is 74.8 Å². The van der Waals surface area contributed by atoms with E-state index in [4.69, 9.17) is 42.3 Å². The van der Waals surface area contributed by atoms with Crippen LogP contribution in [0.2, 0.25) is 5.04 Å². The van der Waals surface area contributed by atoms with Crippen molar-refractivity contribution in [3.63, 3.8) is 0 Å². The fourth-order valence-electron chi connectivity index (χ4n) is 9.66. The third kappa shape index (κ3) is 13.1. The molecule has 5 aromatic rings. The van der Waals surface area contributed by atoms with Crippen LogP contribution in [0.15, 0.2) is 140 Å². The first-order chi connectivity index (χ1) is 34.6. The maximum Gasteiger partial charge on any atom is 0.471 e. The average molecular weight is 1030 g/mol. The number of hydrogen-bond acceptors (Lipinski definition) is 11. The molecule has 2 aliphatic heterocycles. The Morgan fingerprint density at radius 1 is 0.625 bits per heavy atom. The van der Waals surface area contributed by atoms with Gasteiger partial charge in [0.05, 0.1) is 52.9 Å². The Balaban J connectivity index is 1.27. The summed E-state index contributed by atoms with van der Waals surface area (Å²) in [6, 6.07) is 43.4. The Bertz CT molecular complexity index is 2380. The van der Waals surface area contributed by atoms with Gasteiger partial charge < -0.3 is 47.6 Å². The molecule has 10 atom stereocenters. The van der Waals surface area contributed by atoms with Crippen LogP contribution in [-0.4, -0.2) is 102 Å². The summed E-state index contributed by atoms with van der Waals surface area (Å²) >= 11 is 1.53. The van der Waals surface area contributed by atoms with E-state index in [0.717, 1.165) is 21.5 Å². The predicted octanol–water partition coefficient (Wildman–Crippen LogP) is 9.63. The second-order valence-corrected chi connectivity index (χ2v) is 24.4. The average Bonchev–Trinajstić information content (AvgIpc) is 3.39. The maximum absolute atomic E-state index is 14.4. The van der Waals surface area contributed by atoms with E-state index in [0.29, 0.717) is 23.5 Å². The van der Waals surface area contributed by atoms with E-state index in [9.17, 15) is 18.0 Å². The van der Waals surface area contributed by atoms with Crippen LogP contribution in [0.4, 0.5) is 13.2 Å². The summed E-state index contributed by atoms with van der Waals surface area (Å²) in [7, 11) is -0.100. The molecule has 1 amide bonds. The summed E-state index contributed by atoms with van der Waals surface area (Å²) < 4.78 is 102. The van der Waals surface area contributed by atoms with Gasteiger partial charge in [0.25, 0.3) is 8.32 Å². The molecule has 0 saturated carbocycles. The number of rotatable bonds is 21. The SMILES string of the molecule is CCC1O[C@@H](OCC2O[C@@H](SC)C(C)[C@@H](O[Si](c3ccccc3)(c3ccccc3)C(C)(C)C)[C@H]2OCc2ccccc2)C(NC(=O)C(F)(F)F)[C@@H](OCc2ccc(OC)cc2)[C@@H]1OCc1ccc(OC)cc1. The van der Waals surface area contributed by atoms with Crippen molar-refractivity contribution in [3.8, 4) is 11.5 Å². The van der Waals surface area contributed by atoms with E-state index in [1.54, 1.807) is 50.6 Å². The van der Waals surface area contributed by atoms with Gasteiger partial charge in [-0.1, -0.05) is 150 Å². The van der Waals surface area contributed by atoms with Crippen LogP contribution in [0.3, 0.4) is 0 Å². The number of halogens is 3. The van der Waals surface area contributed by atoms with Crippen molar-refractivity contribution in [3.05, 3.63) is 156 Å². The first-order valence-corrected chi connectivity index (χ1v) is 27.6. The van der Waals surface area contributed by atoms with Gasteiger partial charge in [0.1, 0.15) is 47.4 Å². The highest BCUT2D eigenvalue weighted by Gasteiger charge is 2.57. The molecule has 4 unspecified atom stereocenters. The molecule has 0 bridgehead atoms. The number of ether oxygens (including phenoxy) is 8. The van der Waals surface area contributed by atoms with Gasteiger partial charge >= 0.3 is 12.1 Å². The molecular formula is C56H68F3NO10SSi. The summed E-state index contributed by atoms with van der Waals surface area (Å²) in [4.78, 5) is 13.1. The summed E-state index contributed by atoms with van der Waals surface area (Å²) in [6.45, 7) is 10.6. The van der Waals surface area contributed by atoms with Gasteiger partial charge in [-0.25, -0.2) is 0 Å². The molecule has 0 aliphatic carbocycles. The highest BCUT2D eigenvalue weighted by molar-refractivity contribution is 7.99. The summed E-state index contributed by atoms with van der Waals surface area (Å²) in [5.74, 6) is -1.13. The summed E-state index contributed by atoms with van der Waals surface area (Å²) in [5, 5.41) is 4.01. The Kier molecular flexibility index (Phi) is 19.1. The minimum absolute atomic E-state index is 0.0473. The van der Waals surface area contributed by atoms with Gasteiger partial charge in [0.2, 0.25) is 0 Å². The van der Waals surface area contributed by atoms with Crippen molar-refractivity contribution in [2.45, 2.75) is 126 Å². The molecule has 0 radical (unpaired) electrons. The molecule has 7 rings (SSSR count). The van der Waals surface area contributed by atoms with Crippen molar-refractivity contribution in [2.24, 2.45) is 5.92 Å². The van der Waals surface area contributed by atoms with Crippen LogP contribution in [-0.2, 0) is 57.5 Å². The van der Waals surface area contributed by atoms with Crippen LogP contribution in [0.25, 0.3) is 0 Å². The molecule has 1 N–H and O–H groups in total. The van der Waals surface area contributed by atoms with Crippen molar-refractivity contribution < 1.29 is 60.3 Å². The second-order valence-electron chi connectivity index (χ2n) is 19.2. The number of benzene rings is 5. The Hall–Kier alpha value is -4.75. The normalized spacial score (nSPS) is 24.9. The molecule has 388 valence electrons. The molecule has 0 aromatic heterocycles. The minimum atomic E-state index is -5.25. The van der Waals surface area contributed by atoms with E-state index in [1.165, 1.54) is 11.8 Å². The lowest BCUT2D eigenvalue weighted by Crippen LogP contribution is -2.71. The number of carbonyl (C=O) groups excluding carboxylic acids is 1. The first kappa shape index (κ1) is 55.0. The van der Waals surface area contributed by atoms with Crippen LogP contribution < -0.4 is 25.2 Å². The molecule has 2 fully saturated rings. The predicted molar refractivity (Wildman–Crippen MR) is 275 cm³/mol. The fraction of sp³-hybridized carbons (Fsp3) is 0.446. The number of hydrogen-bond donors (Lipinski definition) is 1. The van der Waals surface area contributed by atoms with E-state index >= 15 is 0 Å². The lowest BCUT2D eigenvalue weighted by Gasteiger charge is -2.52. The maximum atomic E-state index is 14.4. The number of alkyl halides is 3. The van der Waals surface area contributed by atoms with Crippen LogP contribution in [0.5, 0.6) is 11.5 Å². The third-order valence-corrected chi connectivity index (χ3v) is 19.5. The largest absolute Gasteiger partial charge is 0.497 e. The van der Waals surface area contributed by atoms with Crippen molar-refractivity contribution in [2.75, 3.05) is 27.1 Å². The van der Waals surface area contributed by atoms with Crippen molar-refractivity contribution >= 4 is 36.4 Å². The van der Waals surface area contributed by atoms with Gasteiger partial charge in [-0.15, -0.1) is 11.8 Å². The van der Waals surface area contributed by atoms with E-state index in [1.807, 2.05) is 92.0 Å².